The summed E-state index contributed by atoms with van der Waals surface area (Å²) >= 11 is 0. The zero-order valence-electron chi connectivity index (χ0n) is 24.0. The van der Waals surface area contributed by atoms with Gasteiger partial charge in [-0.2, -0.15) is 0 Å². The molecule has 41 heavy (non-hydrogen) atoms. The van der Waals surface area contributed by atoms with Gasteiger partial charge in [-0.3, -0.25) is 0 Å². The Hall–Kier alpha value is -4.71. The van der Waals surface area contributed by atoms with Gasteiger partial charge in [0.15, 0.2) is 0 Å². The van der Waals surface area contributed by atoms with E-state index in [0.717, 1.165) is 46.2 Å². The fourth-order valence-corrected chi connectivity index (χ4v) is 4.96. The predicted octanol–water partition coefficient (Wildman–Crippen LogP) is 7.36. The first-order valence-electron chi connectivity index (χ1n) is 13.4. The highest BCUT2D eigenvalue weighted by atomic mass is 16.5. The van der Waals surface area contributed by atoms with Crippen molar-refractivity contribution in [3.63, 3.8) is 0 Å². The van der Waals surface area contributed by atoms with Crippen molar-refractivity contribution in [1.29, 1.82) is 0 Å². The molecule has 3 aromatic carbocycles. The van der Waals surface area contributed by atoms with E-state index in [1.54, 1.807) is 26.0 Å². The van der Waals surface area contributed by atoms with Crippen LogP contribution < -0.4 is 9.47 Å². The zero-order chi connectivity index (χ0) is 29.8. The van der Waals surface area contributed by atoms with Gasteiger partial charge in [-0.15, -0.1) is 0 Å². The Bertz CT molecular complexity index is 1550. The van der Waals surface area contributed by atoms with Gasteiger partial charge < -0.3 is 14.2 Å². The highest BCUT2D eigenvalue weighted by Crippen LogP contribution is 2.39. The van der Waals surface area contributed by atoms with E-state index >= 15 is 0 Å². The average molecular weight is 551 g/mol. The van der Waals surface area contributed by atoms with Crippen molar-refractivity contribution >= 4 is 17.9 Å². The molecule has 1 aliphatic rings. The van der Waals surface area contributed by atoms with Gasteiger partial charge in [0.2, 0.25) is 0 Å². The number of benzene rings is 3. The van der Waals surface area contributed by atoms with E-state index in [1.165, 1.54) is 23.3 Å². The summed E-state index contributed by atoms with van der Waals surface area (Å²) in [6, 6.07) is 15.7. The standard InChI is InChI=1S/C35H34O6/c1-8-33(36)39-19-26-10-9-24-15-25(11-12-30(24)26)31-13-23(7)32(14-22(31)6)27-16-28(40-34(37)20(2)3)18-29(17-27)41-35(38)21(4)5/h8,11-18,26H,1-2,4,9-10,19H2,3,5-7H3. The molecule has 6 heteroatoms. The minimum atomic E-state index is -0.569. The lowest BCUT2D eigenvalue weighted by Crippen LogP contribution is -2.10. The first-order chi connectivity index (χ1) is 19.5. The summed E-state index contributed by atoms with van der Waals surface area (Å²) in [4.78, 5) is 36.0. The van der Waals surface area contributed by atoms with Gasteiger partial charge in [-0.05, 0) is 97.2 Å². The molecular formula is C35H34O6. The minimum Gasteiger partial charge on any atom is -0.462 e. The molecule has 0 N–H and O–H groups in total. The molecule has 1 aliphatic carbocycles. The molecule has 210 valence electrons. The first kappa shape index (κ1) is 29.3. The Morgan fingerprint density at radius 1 is 0.829 bits per heavy atom. The quantitative estimate of drug-likeness (QED) is 0.157. The lowest BCUT2D eigenvalue weighted by atomic mass is 9.90. The van der Waals surface area contributed by atoms with E-state index in [-0.39, 0.29) is 28.6 Å². The molecule has 0 amide bonds. The summed E-state index contributed by atoms with van der Waals surface area (Å²) < 4.78 is 16.3. The number of carbonyl (C=O) groups is 3. The van der Waals surface area contributed by atoms with E-state index in [2.05, 4.69) is 57.0 Å². The third-order valence-electron chi connectivity index (χ3n) is 7.13. The van der Waals surface area contributed by atoms with Crippen LogP contribution in [-0.2, 0) is 25.5 Å². The zero-order valence-corrected chi connectivity index (χ0v) is 24.0. The van der Waals surface area contributed by atoms with E-state index in [0.29, 0.717) is 6.61 Å². The third-order valence-corrected chi connectivity index (χ3v) is 7.13. The van der Waals surface area contributed by atoms with Crippen molar-refractivity contribution in [2.75, 3.05) is 6.61 Å². The van der Waals surface area contributed by atoms with Crippen molar-refractivity contribution < 1.29 is 28.6 Å². The number of aryl methyl sites for hydroxylation is 3. The number of fused-ring (bicyclic) bond motifs is 1. The minimum absolute atomic E-state index is 0.188. The van der Waals surface area contributed by atoms with E-state index < -0.39 is 17.9 Å². The van der Waals surface area contributed by atoms with Crippen LogP contribution in [0, 0.1) is 13.8 Å². The Kier molecular flexibility index (Phi) is 8.72. The number of esters is 3. The summed E-state index contributed by atoms with van der Waals surface area (Å²) in [6.07, 6.45) is 3.05. The molecule has 4 rings (SSSR count). The largest absolute Gasteiger partial charge is 0.462 e. The summed E-state index contributed by atoms with van der Waals surface area (Å²) in [5.74, 6) is -0.865. The Morgan fingerprint density at radius 3 is 1.93 bits per heavy atom. The number of hydrogen-bond acceptors (Lipinski definition) is 6. The molecule has 0 aromatic heterocycles. The highest BCUT2D eigenvalue weighted by molar-refractivity contribution is 5.90. The van der Waals surface area contributed by atoms with E-state index in [4.69, 9.17) is 14.2 Å². The fourth-order valence-electron chi connectivity index (χ4n) is 4.96. The molecule has 0 heterocycles. The van der Waals surface area contributed by atoms with E-state index in [1.807, 2.05) is 6.92 Å². The molecule has 0 saturated heterocycles. The van der Waals surface area contributed by atoms with Crippen LogP contribution in [0.2, 0.25) is 0 Å². The van der Waals surface area contributed by atoms with Gasteiger partial charge in [0, 0.05) is 29.2 Å². The lowest BCUT2D eigenvalue weighted by molar-refractivity contribution is -0.138. The van der Waals surface area contributed by atoms with Crippen LogP contribution >= 0.6 is 0 Å². The third kappa shape index (κ3) is 6.72. The maximum absolute atomic E-state index is 12.2. The molecule has 0 spiro atoms. The van der Waals surface area contributed by atoms with Crippen LogP contribution in [0.4, 0.5) is 0 Å². The van der Waals surface area contributed by atoms with Gasteiger partial charge in [-0.25, -0.2) is 14.4 Å². The van der Waals surface area contributed by atoms with Crippen LogP contribution in [0.5, 0.6) is 11.5 Å². The molecule has 3 aromatic rings. The Balaban J connectivity index is 1.68. The van der Waals surface area contributed by atoms with Gasteiger partial charge >= 0.3 is 17.9 Å². The van der Waals surface area contributed by atoms with Gasteiger partial charge in [-0.1, -0.05) is 50.1 Å². The van der Waals surface area contributed by atoms with Gasteiger partial charge in [0.05, 0.1) is 6.61 Å². The molecular weight excluding hydrogens is 516 g/mol. The lowest BCUT2D eigenvalue weighted by Gasteiger charge is -2.16. The Morgan fingerprint density at radius 2 is 1.39 bits per heavy atom. The normalized spacial score (nSPS) is 13.6. The first-order valence-corrected chi connectivity index (χ1v) is 13.4. The molecule has 1 atom stereocenters. The number of ether oxygens (including phenoxy) is 3. The fraction of sp³-hybridized carbons (Fsp3) is 0.229. The smallest absolute Gasteiger partial charge is 0.338 e. The number of carbonyl (C=O) groups excluding carboxylic acids is 3. The second-order valence-corrected chi connectivity index (χ2v) is 10.5. The molecule has 0 aliphatic heterocycles. The van der Waals surface area contributed by atoms with Crippen molar-refractivity contribution in [2.24, 2.45) is 0 Å². The topological polar surface area (TPSA) is 78.9 Å². The second kappa shape index (κ2) is 12.2. The molecule has 0 saturated carbocycles. The van der Waals surface area contributed by atoms with Gasteiger partial charge in [0.1, 0.15) is 11.5 Å². The SMILES string of the molecule is C=CC(=O)OCC1CCc2cc(-c3cc(C)c(-c4cc(OC(=O)C(=C)C)cc(OC(=O)C(=C)C)c4)cc3C)ccc21. The molecule has 0 fully saturated rings. The summed E-state index contributed by atoms with van der Waals surface area (Å²) in [5, 5.41) is 0. The summed E-state index contributed by atoms with van der Waals surface area (Å²) in [7, 11) is 0. The Labute approximate surface area is 241 Å². The molecule has 6 nitrogen and oxygen atoms in total. The number of hydrogen-bond donors (Lipinski definition) is 0. The second-order valence-electron chi connectivity index (χ2n) is 10.5. The molecule has 0 bridgehead atoms. The molecule has 0 radical (unpaired) electrons. The number of rotatable bonds is 9. The van der Waals surface area contributed by atoms with Crippen LogP contribution in [0.15, 0.2) is 85.5 Å². The van der Waals surface area contributed by atoms with E-state index in [9.17, 15) is 14.4 Å². The highest BCUT2D eigenvalue weighted by Gasteiger charge is 2.24. The van der Waals surface area contributed by atoms with Crippen molar-refractivity contribution in [3.05, 3.63) is 108 Å². The maximum atomic E-state index is 12.2. The summed E-state index contributed by atoms with van der Waals surface area (Å²) in [6.45, 7) is 18.3. The average Bonchev–Trinajstić information content (AvgIpc) is 3.34. The van der Waals surface area contributed by atoms with Crippen LogP contribution in [0.1, 0.15) is 48.4 Å². The molecule has 1 unspecified atom stereocenters. The summed E-state index contributed by atoms with van der Waals surface area (Å²) in [5.41, 5.74) is 8.92. The van der Waals surface area contributed by atoms with Crippen LogP contribution in [-0.4, -0.2) is 24.5 Å². The van der Waals surface area contributed by atoms with Crippen LogP contribution in [0.25, 0.3) is 22.3 Å². The van der Waals surface area contributed by atoms with Crippen molar-refractivity contribution in [1.82, 2.24) is 0 Å². The predicted molar refractivity (Wildman–Crippen MR) is 160 cm³/mol. The maximum Gasteiger partial charge on any atom is 0.338 e. The van der Waals surface area contributed by atoms with Gasteiger partial charge in [0.25, 0.3) is 0 Å². The van der Waals surface area contributed by atoms with Crippen molar-refractivity contribution in [2.45, 2.75) is 46.5 Å². The van der Waals surface area contributed by atoms with Crippen LogP contribution in [0.3, 0.4) is 0 Å². The van der Waals surface area contributed by atoms with Crippen molar-refractivity contribution in [3.8, 4) is 33.8 Å². The monoisotopic (exact) mass is 550 g/mol.